The minimum atomic E-state index is -0.215. The van der Waals surface area contributed by atoms with Crippen LogP contribution in [0, 0.1) is 13.8 Å². The van der Waals surface area contributed by atoms with Crippen LogP contribution < -0.4 is 10.1 Å². The first-order chi connectivity index (χ1) is 12.4. The Kier molecular flexibility index (Phi) is 4.80. The van der Waals surface area contributed by atoms with Gasteiger partial charge in [-0.15, -0.1) is 0 Å². The van der Waals surface area contributed by atoms with Gasteiger partial charge in [-0.2, -0.15) is 0 Å². The third-order valence-corrected chi connectivity index (χ3v) is 4.58. The number of nitrogens with one attached hydrogen (secondary N) is 2. The molecule has 0 radical (unpaired) electrons. The number of ketones is 1. The number of aryl methyl sites for hydroxylation is 1. The van der Waals surface area contributed by atoms with Gasteiger partial charge in [-0.25, -0.2) is 0 Å². The Morgan fingerprint density at radius 3 is 2.42 bits per heavy atom. The van der Waals surface area contributed by atoms with E-state index in [1.807, 2.05) is 36.4 Å². The van der Waals surface area contributed by atoms with Gasteiger partial charge in [0, 0.05) is 17.8 Å². The van der Waals surface area contributed by atoms with Gasteiger partial charge in [0.1, 0.15) is 11.4 Å². The number of carbonyl (C=O) groups excluding carboxylic acids is 2. The molecule has 0 aliphatic rings. The van der Waals surface area contributed by atoms with Gasteiger partial charge in [0.25, 0.3) is 5.91 Å². The highest BCUT2D eigenvalue weighted by Crippen LogP contribution is 2.22. The number of Topliss-reactive ketones (excluding diaryl/α,β-unsaturated/α-hetero) is 1. The second kappa shape index (κ2) is 7.04. The molecular formula is C21H22N2O3. The first-order valence-electron chi connectivity index (χ1n) is 8.45. The van der Waals surface area contributed by atoms with Gasteiger partial charge in [-0.1, -0.05) is 18.2 Å². The second-order valence-corrected chi connectivity index (χ2v) is 6.41. The Bertz CT molecular complexity index is 1000. The number of hydrogen-bond donors (Lipinski definition) is 2. The number of H-pyrrole nitrogens is 1. The highest BCUT2D eigenvalue weighted by atomic mass is 16.5. The first-order valence-corrected chi connectivity index (χ1v) is 8.45. The van der Waals surface area contributed by atoms with Gasteiger partial charge < -0.3 is 15.0 Å². The molecule has 0 saturated heterocycles. The number of hydrogen-bond acceptors (Lipinski definition) is 3. The van der Waals surface area contributed by atoms with Crippen molar-refractivity contribution in [1.82, 2.24) is 10.3 Å². The predicted octanol–water partition coefficient (Wildman–Crippen LogP) is 3.93. The number of aromatic nitrogens is 1. The maximum atomic E-state index is 12.5. The van der Waals surface area contributed by atoms with E-state index in [1.165, 1.54) is 6.92 Å². The van der Waals surface area contributed by atoms with Crippen LogP contribution in [-0.2, 0) is 6.54 Å². The molecule has 1 amide bonds. The Morgan fingerprint density at radius 1 is 1.08 bits per heavy atom. The number of amides is 1. The van der Waals surface area contributed by atoms with Crippen LogP contribution in [0.15, 0.2) is 36.4 Å². The highest BCUT2D eigenvalue weighted by molar-refractivity contribution is 6.02. The van der Waals surface area contributed by atoms with Gasteiger partial charge in [-0.3, -0.25) is 9.59 Å². The van der Waals surface area contributed by atoms with E-state index in [4.69, 9.17) is 4.74 Å². The number of fused-ring (bicyclic) bond motifs is 1. The minimum absolute atomic E-state index is 0.0414. The Hall–Kier alpha value is -3.08. The minimum Gasteiger partial charge on any atom is -0.497 e. The zero-order valence-electron chi connectivity index (χ0n) is 15.4. The molecule has 0 fully saturated rings. The lowest BCUT2D eigenvalue weighted by molar-refractivity contribution is 0.0945. The van der Waals surface area contributed by atoms with E-state index < -0.39 is 0 Å². The summed E-state index contributed by atoms with van der Waals surface area (Å²) in [4.78, 5) is 27.2. The summed E-state index contributed by atoms with van der Waals surface area (Å²) in [7, 11) is 1.65. The van der Waals surface area contributed by atoms with Crippen molar-refractivity contribution < 1.29 is 14.3 Å². The summed E-state index contributed by atoms with van der Waals surface area (Å²) in [5, 5.41) is 5.09. The number of carbonyl (C=O) groups is 2. The van der Waals surface area contributed by atoms with Crippen LogP contribution in [0.5, 0.6) is 5.75 Å². The highest BCUT2D eigenvalue weighted by Gasteiger charge is 2.19. The van der Waals surface area contributed by atoms with Crippen molar-refractivity contribution >= 4 is 22.5 Å². The van der Waals surface area contributed by atoms with Crippen molar-refractivity contribution in [2.24, 2.45) is 0 Å². The maximum Gasteiger partial charge on any atom is 0.268 e. The van der Waals surface area contributed by atoms with Crippen LogP contribution in [0.4, 0.5) is 0 Å². The van der Waals surface area contributed by atoms with Crippen LogP contribution in [0.25, 0.3) is 10.8 Å². The Balaban J connectivity index is 1.76. The van der Waals surface area contributed by atoms with Gasteiger partial charge >= 0.3 is 0 Å². The zero-order chi connectivity index (χ0) is 18.8. The lowest BCUT2D eigenvalue weighted by Gasteiger charge is -2.08. The van der Waals surface area contributed by atoms with Gasteiger partial charge in [0.15, 0.2) is 5.78 Å². The monoisotopic (exact) mass is 350 g/mol. The standard InChI is InChI=1S/C21H22N2O3/c1-12-19(14(3)24)13(2)23-20(12)21(25)22-11-15-5-6-17-10-18(26-4)8-7-16(17)9-15/h5-10,23H,11H2,1-4H3,(H,22,25). The van der Waals surface area contributed by atoms with Crippen LogP contribution in [0.1, 0.15) is 44.6 Å². The molecular weight excluding hydrogens is 328 g/mol. The largest absolute Gasteiger partial charge is 0.497 e. The molecule has 1 aromatic heterocycles. The van der Waals surface area contributed by atoms with Crippen LogP contribution in [0.3, 0.4) is 0 Å². The van der Waals surface area contributed by atoms with Gasteiger partial charge in [0.05, 0.1) is 7.11 Å². The smallest absolute Gasteiger partial charge is 0.268 e. The van der Waals surface area contributed by atoms with E-state index >= 15 is 0 Å². The quantitative estimate of drug-likeness (QED) is 0.685. The molecule has 0 spiro atoms. The Morgan fingerprint density at radius 2 is 1.77 bits per heavy atom. The van der Waals surface area contributed by atoms with Crippen molar-refractivity contribution in [2.45, 2.75) is 27.3 Å². The summed E-state index contributed by atoms with van der Waals surface area (Å²) < 4.78 is 5.24. The summed E-state index contributed by atoms with van der Waals surface area (Å²) in [6, 6.07) is 11.9. The van der Waals surface area contributed by atoms with E-state index in [1.54, 1.807) is 21.0 Å². The van der Waals surface area contributed by atoms with Crippen molar-refractivity contribution in [3.8, 4) is 5.75 Å². The molecule has 0 unspecified atom stereocenters. The summed E-state index contributed by atoms with van der Waals surface area (Å²) in [6.45, 7) is 5.51. The fourth-order valence-corrected chi connectivity index (χ4v) is 3.29. The maximum absolute atomic E-state index is 12.5. The SMILES string of the molecule is COc1ccc2cc(CNC(=O)c3[nH]c(C)c(C(C)=O)c3C)ccc2c1. The molecule has 0 saturated carbocycles. The van der Waals surface area contributed by atoms with Crippen molar-refractivity contribution in [1.29, 1.82) is 0 Å². The van der Waals surface area contributed by atoms with E-state index in [-0.39, 0.29) is 11.7 Å². The van der Waals surface area contributed by atoms with Gasteiger partial charge in [0.2, 0.25) is 0 Å². The fourth-order valence-electron chi connectivity index (χ4n) is 3.29. The summed E-state index contributed by atoms with van der Waals surface area (Å²) in [5.74, 6) is 0.561. The summed E-state index contributed by atoms with van der Waals surface area (Å²) in [5.41, 5.74) is 3.45. The molecule has 5 heteroatoms. The number of aromatic amines is 1. The first kappa shape index (κ1) is 17.7. The topological polar surface area (TPSA) is 71.2 Å². The fraction of sp³-hybridized carbons (Fsp3) is 0.238. The van der Waals surface area contributed by atoms with Crippen molar-refractivity contribution in [3.63, 3.8) is 0 Å². The lowest BCUT2D eigenvalue weighted by atomic mass is 10.1. The van der Waals surface area contributed by atoms with Crippen LogP contribution in [-0.4, -0.2) is 23.8 Å². The lowest BCUT2D eigenvalue weighted by Crippen LogP contribution is -2.24. The molecule has 26 heavy (non-hydrogen) atoms. The molecule has 0 atom stereocenters. The second-order valence-electron chi connectivity index (χ2n) is 6.41. The third-order valence-electron chi connectivity index (χ3n) is 4.58. The van der Waals surface area contributed by atoms with E-state index in [2.05, 4.69) is 10.3 Å². The molecule has 2 N–H and O–H groups in total. The molecule has 5 nitrogen and oxygen atoms in total. The molecule has 2 aromatic carbocycles. The van der Waals surface area contributed by atoms with E-state index in [0.29, 0.717) is 23.4 Å². The zero-order valence-corrected chi connectivity index (χ0v) is 15.4. The summed E-state index contributed by atoms with van der Waals surface area (Å²) >= 11 is 0. The number of ether oxygens (including phenoxy) is 1. The van der Waals surface area contributed by atoms with Crippen molar-refractivity contribution in [3.05, 3.63) is 64.5 Å². The number of rotatable bonds is 5. The predicted molar refractivity (Wildman–Crippen MR) is 102 cm³/mol. The molecule has 3 aromatic rings. The van der Waals surface area contributed by atoms with Gasteiger partial charge in [-0.05, 0) is 60.9 Å². The molecule has 0 aliphatic carbocycles. The molecule has 0 aliphatic heterocycles. The molecule has 3 rings (SSSR count). The molecule has 1 heterocycles. The number of methoxy groups -OCH3 is 1. The average Bonchev–Trinajstić information content (AvgIpc) is 2.93. The van der Waals surface area contributed by atoms with Crippen LogP contribution in [0.2, 0.25) is 0 Å². The summed E-state index contributed by atoms with van der Waals surface area (Å²) in [6.07, 6.45) is 0. The van der Waals surface area contributed by atoms with Crippen molar-refractivity contribution in [2.75, 3.05) is 7.11 Å². The third kappa shape index (κ3) is 3.33. The average molecular weight is 350 g/mol. The normalized spacial score (nSPS) is 10.8. The number of benzene rings is 2. The van der Waals surface area contributed by atoms with Crippen LogP contribution >= 0.6 is 0 Å². The Labute approximate surface area is 152 Å². The van der Waals surface area contributed by atoms with E-state index in [0.717, 1.165) is 27.8 Å². The van der Waals surface area contributed by atoms with E-state index in [9.17, 15) is 9.59 Å². The molecule has 134 valence electrons. The molecule has 0 bridgehead atoms.